The highest BCUT2D eigenvalue weighted by molar-refractivity contribution is 9.10. The molecule has 3 aromatic rings. The molecule has 0 aliphatic heterocycles. The van der Waals surface area contributed by atoms with Gasteiger partial charge in [-0.3, -0.25) is 4.57 Å². The Bertz CT molecular complexity index is 943. The SMILES string of the molecule is OC(O)CSc1nnc(Br)n1-c1c(Cl)cc(C2CC2)c2ccccc12. The van der Waals surface area contributed by atoms with E-state index in [1.54, 1.807) is 0 Å². The Balaban J connectivity index is 1.92. The highest BCUT2D eigenvalue weighted by Crippen LogP contribution is 2.46. The second-order valence-corrected chi connectivity index (χ2v) is 8.10. The third kappa shape index (κ3) is 3.31. The Hall–Kier alpha value is -1.12. The summed E-state index contributed by atoms with van der Waals surface area (Å²) in [5.41, 5.74) is 2.09. The second-order valence-electron chi connectivity index (χ2n) is 5.99. The number of aromatic nitrogens is 3. The normalized spacial score (nSPS) is 14.6. The third-order valence-electron chi connectivity index (χ3n) is 4.20. The summed E-state index contributed by atoms with van der Waals surface area (Å²) < 4.78 is 2.34. The molecule has 0 radical (unpaired) electrons. The largest absolute Gasteiger partial charge is 0.367 e. The number of benzene rings is 2. The first-order chi connectivity index (χ1) is 12.1. The molecule has 2 N–H and O–H groups in total. The van der Waals surface area contributed by atoms with E-state index in [-0.39, 0.29) is 5.75 Å². The van der Waals surface area contributed by atoms with Crippen molar-refractivity contribution < 1.29 is 10.2 Å². The minimum Gasteiger partial charge on any atom is -0.367 e. The van der Waals surface area contributed by atoms with Crippen LogP contribution in [0.2, 0.25) is 5.02 Å². The Labute approximate surface area is 162 Å². The van der Waals surface area contributed by atoms with Gasteiger partial charge >= 0.3 is 0 Å². The molecule has 1 aliphatic rings. The number of fused-ring (bicyclic) bond motifs is 1. The Morgan fingerprint density at radius 1 is 1.24 bits per heavy atom. The van der Waals surface area contributed by atoms with E-state index in [0.717, 1.165) is 11.1 Å². The van der Waals surface area contributed by atoms with E-state index in [0.29, 0.717) is 20.8 Å². The topological polar surface area (TPSA) is 71.2 Å². The maximum Gasteiger partial charge on any atom is 0.205 e. The zero-order valence-corrected chi connectivity index (χ0v) is 16.2. The molecule has 1 heterocycles. The lowest BCUT2D eigenvalue weighted by Gasteiger charge is -2.16. The van der Waals surface area contributed by atoms with Gasteiger partial charge in [0.25, 0.3) is 0 Å². The lowest BCUT2D eigenvalue weighted by atomic mass is 9.99. The summed E-state index contributed by atoms with van der Waals surface area (Å²) in [7, 11) is 0. The average Bonchev–Trinajstić information content (AvgIpc) is 3.37. The van der Waals surface area contributed by atoms with Gasteiger partial charge < -0.3 is 10.2 Å². The van der Waals surface area contributed by atoms with Gasteiger partial charge in [0.15, 0.2) is 11.4 Å². The van der Waals surface area contributed by atoms with Gasteiger partial charge in [0.1, 0.15) is 0 Å². The number of rotatable bonds is 5. The molecule has 8 heteroatoms. The molecule has 0 saturated heterocycles. The first-order valence-electron chi connectivity index (χ1n) is 7.87. The highest BCUT2D eigenvalue weighted by atomic mass is 79.9. The first kappa shape index (κ1) is 17.3. The van der Waals surface area contributed by atoms with Crippen molar-refractivity contribution in [1.29, 1.82) is 0 Å². The summed E-state index contributed by atoms with van der Waals surface area (Å²) in [6.07, 6.45) is 0.982. The molecule has 0 bridgehead atoms. The average molecular weight is 441 g/mol. The number of hydrogen-bond acceptors (Lipinski definition) is 5. The Morgan fingerprint density at radius 2 is 1.96 bits per heavy atom. The standard InChI is InChI=1S/C17H15BrClN3O2S/c18-16-20-21-17(25-8-14(23)24)22(16)15-11-4-2-1-3-10(11)12(7-13(15)19)9-5-6-9/h1-4,7,9,14,23-24H,5-6,8H2. The van der Waals surface area contributed by atoms with Crippen LogP contribution in [-0.2, 0) is 0 Å². The highest BCUT2D eigenvalue weighted by Gasteiger charge is 2.28. The maximum absolute atomic E-state index is 9.15. The van der Waals surface area contributed by atoms with Crippen LogP contribution in [0, 0.1) is 0 Å². The van der Waals surface area contributed by atoms with E-state index >= 15 is 0 Å². The quantitative estimate of drug-likeness (QED) is 0.461. The second kappa shape index (κ2) is 6.89. The zero-order chi connectivity index (χ0) is 17.6. The van der Waals surface area contributed by atoms with E-state index in [2.05, 4.69) is 32.2 Å². The number of aliphatic hydroxyl groups is 2. The van der Waals surface area contributed by atoms with Crippen molar-refractivity contribution in [2.75, 3.05) is 5.75 Å². The van der Waals surface area contributed by atoms with E-state index in [4.69, 9.17) is 21.8 Å². The molecule has 1 aliphatic carbocycles. The predicted octanol–water partition coefficient (Wildman–Crippen LogP) is 4.12. The van der Waals surface area contributed by atoms with E-state index in [1.165, 1.54) is 35.6 Å². The van der Waals surface area contributed by atoms with Crippen LogP contribution < -0.4 is 0 Å². The summed E-state index contributed by atoms with van der Waals surface area (Å²) in [4.78, 5) is 0. The van der Waals surface area contributed by atoms with Crippen molar-refractivity contribution in [2.45, 2.75) is 30.2 Å². The van der Waals surface area contributed by atoms with Crippen LogP contribution in [-0.4, -0.2) is 37.0 Å². The molecule has 0 spiro atoms. The first-order valence-corrected chi connectivity index (χ1v) is 10.0. The molecule has 0 atom stereocenters. The fourth-order valence-corrected chi connectivity index (χ4v) is 4.54. The van der Waals surface area contributed by atoms with Gasteiger partial charge in [-0.25, -0.2) is 0 Å². The molecule has 130 valence electrons. The van der Waals surface area contributed by atoms with Crippen molar-refractivity contribution >= 4 is 50.1 Å². The summed E-state index contributed by atoms with van der Waals surface area (Å²) in [6, 6.07) is 10.2. The van der Waals surface area contributed by atoms with Crippen molar-refractivity contribution in [2.24, 2.45) is 0 Å². The fourth-order valence-electron chi connectivity index (χ4n) is 2.99. The molecule has 2 aromatic carbocycles. The smallest absolute Gasteiger partial charge is 0.205 e. The van der Waals surface area contributed by atoms with Crippen molar-refractivity contribution in [3.63, 3.8) is 0 Å². The van der Waals surface area contributed by atoms with E-state index < -0.39 is 6.29 Å². The summed E-state index contributed by atoms with van der Waals surface area (Å²) >= 11 is 11.3. The maximum atomic E-state index is 9.15. The van der Waals surface area contributed by atoms with Crippen LogP contribution in [0.25, 0.3) is 16.5 Å². The monoisotopic (exact) mass is 439 g/mol. The molecule has 25 heavy (non-hydrogen) atoms. The van der Waals surface area contributed by atoms with Crippen LogP contribution in [0.15, 0.2) is 40.2 Å². The molecule has 1 aromatic heterocycles. The Morgan fingerprint density at radius 3 is 2.64 bits per heavy atom. The number of thioether (sulfide) groups is 1. The fraction of sp³-hybridized carbons (Fsp3) is 0.294. The van der Waals surface area contributed by atoms with Gasteiger partial charge in [-0.15, -0.1) is 10.2 Å². The van der Waals surface area contributed by atoms with Crippen LogP contribution >= 0.6 is 39.3 Å². The van der Waals surface area contributed by atoms with Gasteiger partial charge in [-0.2, -0.15) is 0 Å². The van der Waals surface area contributed by atoms with E-state index in [9.17, 15) is 0 Å². The lowest BCUT2D eigenvalue weighted by Crippen LogP contribution is -2.09. The lowest BCUT2D eigenvalue weighted by molar-refractivity contribution is -0.0186. The minimum atomic E-state index is -1.42. The van der Waals surface area contributed by atoms with Gasteiger partial charge in [0.05, 0.1) is 16.5 Å². The molecular formula is C17H15BrClN3O2S. The molecule has 1 fully saturated rings. The summed E-state index contributed by atoms with van der Waals surface area (Å²) in [5.74, 6) is 0.681. The summed E-state index contributed by atoms with van der Waals surface area (Å²) in [5, 5.41) is 29.9. The van der Waals surface area contributed by atoms with Crippen LogP contribution in [0.1, 0.15) is 24.3 Å². The van der Waals surface area contributed by atoms with Gasteiger partial charge in [-0.1, -0.05) is 47.6 Å². The van der Waals surface area contributed by atoms with Gasteiger partial charge in [0.2, 0.25) is 4.73 Å². The summed E-state index contributed by atoms with van der Waals surface area (Å²) in [6.45, 7) is 0. The van der Waals surface area contributed by atoms with E-state index in [1.807, 2.05) is 28.8 Å². The molecule has 5 nitrogen and oxygen atoms in total. The number of halogens is 2. The number of aliphatic hydroxyl groups excluding tert-OH is 1. The zero-order valence-electron chi connectivity index (χ0n) is 13.1. The molecule has 4 rings (SSSR count). The molecule has 0 amide bonds. The Kier molecular flexibility index (Phi) is 4.77. The van der Waals surface area contributed by atoms with Gasteiger partial charge in [-0.05, 0) is 51.7 Å². The van der Waals surface area contributed by atoms with Crippen LogP contribution in [0.3, 0.4) is 0 Å². The molecule has 0 unspecified atom stereocenters. The van der Waals surface area contributed by atoms with Crippen LogP contribution in [0.5, 0.6) is 0 Å². The number of hydrogen-bond donors (Lipinski definition) is 2. The van der Waals surface area contributed by atoms with Crippen molar-refractivity contribution in [3.8, 4) is 5.69 Å². The van der Waals surface area contributed by atoms with Crippen molar-refractivity contribution in [3.05, 3.63) is 45.7 Å². The minimum absolute atomic E-state index is 0.0981. The van der Waals surface area contributed by atoms with Gasteiger partial charge in [0, 0.05) is 5.39 Å². The molecule has 1 saturated carbocycles. The third-order valence-corrected chi connectivity index (χ3v) is 5.99. The predicted molar refractivity (Wildman–Crippen MR) is 102 cm³/mol. The number of nitrogens with zero attached hydrogens (tertiary/aromatic N) is 3. The van der Waals surface area contributed by atoms with Crippen LogP contribution in [0.4, 0.5) is 0 Å². The van der Waals surface area contributed by atoms with Crippen molar-refractivity contribution in [1.82, 2.24) is 14.8 Å². The molecular weight excluding hydrogens is 426 g/mol.